The van der Waals surface area contributed by atoms with Crippen LogP contribution in [-0.4, -0.2) is 25.7 Å². The van der Waals surface area contributed by atoms with E-state index in [4.69, 9.17) is 0 Å². The number of benzene rings is 1. The molecule has 94 valence electrons. The highest BCUT2D eigenvalue weighted by Gasteiger charge is 2.10. The standard InChI is InChI=1S/C12H15FO3S/c1-2-17(15,16)9-3-4-12(14)10-5-7-11(13)8-6-10/h5-8H,2-4,9H2,1H3. The second-order valence-corrected chi connectivity index (χ2v) is 6.24. The summed E-state index contributed by atoms with van der Waals surface area (Å²) in [5.41, 5.74) is 0.417. The molecule has 1 aromatic carbocycles. The van der Waals surface area contributed by atoms with Gasteiger partial charge in [-0.1, -0.05) is 6.92 Å². The number of hydrogen-bond donors (Lipinski definition) is 0. The van der Waals surface area contributed by atoms with Crippen molar-refractivity contribution < 1.29 is 17.6 Å². The molecule has 0 saturated heterocycles. The molecule has 5 heteroatoms. The normalized spacial score (nSPS) is 11.4. The van der Waals surface area contributed by atoms with Crippen LogP contribution in [0.4, 0.5) is 4.39 Å². The van der Waals surface area contributed by atoms with Crippen LogP contribution in [0.15, 0.2) is 24.3 Å². The van der Waals surface area contributed by atoms with Crippen LogP contribution in [0, 0.1) is 5.82 Å². The third-order valence-corrected chi connectivity index (χ3v) is 4.26. The highest BCUT2D eigenvalue weighted by atomic mass is 32.2. The highest BCUT2D eigenvalue weighted by Crippen LogP contribution is 2.08. The number of sulfone groups is 1. The van der Waals surface area contributed by atoms with Crippen molar-refractivity contribution in [3.63, 3.8) is 0 Å². The largest absolute Gasteiger partial charge is 0.294 e. The first-order chi connectivity index (χ1) is 7.94. The Kier molecular flexibility index (Phi) is 4.81. The van der Waals surface area contributed by atoms with Crippen molar-refractivity contribution in [1.29, 1.82) is 0 Å². The fourth-order valence-corrected chi connectivity index (χ4v) is 2.25. The van der Waals surface area contributed by atoms with Gasteiger partial charge in [0.1, 0.15) is 15.7 Å². The van der Waals surface area contributed by atoms with E-state index in [1.165, 1.54) is 24.3 Å². The second-order valence-electron chi connectivity index (χ2n) is 3.77. The van der Waals surface area contributed by atoms with Crippen molar-refractivity contribution >= 4 is 15.6 Å². The van der Waals surface area contributed by atoms with Crippen molar-refractivity contribution in [2.75, 3.05) is 11.5 Å². The smallest absolute Gasteiger partial charge is 0.162 e. The SMILES string of the molecule is CCS(=O)(=O)CCCC(=O)c1ccc(F)cc1. The molecule has 0 aliphatic rings. The number of hydrogen-bond acceptors (Lipinski definition) is 3. The molecule has 0 radical (unpaired) electrons. The summed E-state index contributed by atoms with van der Waals surface area (Å²) in [7, 11) is -3.02. The summed E-state index contributed by atoms with van der Waals surface area (Å²) < 4.78 is 35.0. The van der Waals surface area contributed by atoms with E-state index in [0.29, 0.717) is 12.0 Å². The third-order valence-electron chi connectivity index (χ3n) is 2.47. The fourth-order valence-electron chi connectivity index (χ4n) is 1.38. The van der Waals surface area contributed by atoms with Crippen LogP contribution in [0.1, 0.15) is 30.1 Å². The van der Waals surface area contributed by atoms with Gasteiger partial charge in [-0.2, -0.15) is 0 Å². The maximum atomic E-state index is 12.6. The van der Waals surface area contributed by atoms with Crippen LogP contribution in [0.3, 0.4) is 0 Å². The molecular formula is C12H15FO3S. The summed E-state index contributed by atoms with van der Waals surface area (Å²) in [6.07, 6.45) is 0.483. The quantitative estimate of drug-likeness (QED) is 0.735. The zero-order valence-corrected chi connectivity index (χ0v) is 10.5. The van der Waals surface area contributed by atoms with E-state index in [0.717, 1.165) is 0 Å². The van der Waals surface area contributed by atoms with Crippen molar-refractivity contribution in [3.8, 4) is 0 Å². The summed E-state index contributed by atoms with van der Waals surface area (Å²) in [6.45, 7) is 1.58. The molecule has 0 fully saturated rings. The number of carbonyl (C=O) groups is 1. The minimum absolute atomic E-state index is 0.0242. The van der Waals surface area contributed by atoms with Gasteiger partial charge in [-0.25, -0.2) is 12.8 Å². The van der Waals surface area contributed by atoms with Gasteiger partial charge in [-0.3, -0.25) is 4.79 Å². The number of carbonyl (C=O) groups excluding carboxylic acids is 1. The molecule has 0 N–H and O–H groups in total. The maximum absolute atomic E-state index is 12.6. The summed E-state index contributed by atoms with van der Waals surface area (Å²) >= 11 is 0. The van der Waals surface area contributed by atoms with Crippen molar-refractivity contribution in [2.24, 2.45) is 0 Å². The third kappa shape index (κ3) is 4.65. The zero-order chi connectivity index (χ0) is 12.9. The predicted octanol–water partition coefficient (Wildman–Crippen LogP) is 2.22. The minimum atomic E-state index is -3.02. The van der Waals surface area contributed by atoms with E-state index < -0.39 is 15.7 Å². The van der Waals surface area contributed by atoms with Crippen LogP contribution in [-0.2, 0) is 9.84 Å². The van der Waals surface area contributed by atoms with E-state index in [1.54, 1.807) is 6.92 Å². The lowest BCUT2D eigenvalue weighted by molar-refractivity contribution is 0.0982. The predicted molar refractivity (Wildman–Crippen MR) is 64.3 cm³/mol. The number of Topliss-reactive ketones (excluding diaryl/α,β-unsaturated/α-hetero) is 1. The van der Waals surface area contributed by atoms with Crippen molar-refractivity contribution in [1.82, 2.24) is 0 Å². The molecule has 1 aromatic rings. The molecule has 1 rings (SSSR count). The molecule has 0 atom stereocenters. The lowest BCUT2D eigenvalue weighted by Crippen LogP contribution is -2.10. The molecule has 17 heavy (non-hydrogen) atoms. The van der Waals surface area contributed by atoms with Gasteiger partial charge in [0, 0.05) is 17.7 Å². The zero-order valence-electron chi connectivity index (χ0n) is 9.65. The first kappa shape index (κ1) is 13.8. The molecule has 0 aliphatic carbocycles. The van der Waals surface area contributed by atoms with Crippen LogP contribution in [0.25, 0.3) is 0 Å². The fraction of sp³-hybridized carbons (Fsp3) is 0.417. The van der Waals surface area contributed by atoms with Gasteiger partial charge < -0.3 is 0 Å². The average molecular weight is 258 g/mol. The van der Waals surface area contributed by atoms with Gasteiger partial charge in [0.2, 0.25) is 0 Å². The Morgan fingerprint density at radius 2 is 1.82 bits per heavy atom. The first-order valence-electron chi connectivity index (χ1n) is 5.44. The Morgan fingerprint density at radius 1 is 1.24 bits per heavy atom. The lowest BCUT2D eigenvalue weighted by atomic mass is 10.1. The van der Waals surface area contributed by atoms with Gasteiger partial charge in [0.15, 0.2) is 5.78 Å². The minimum Gasteiger partial charge on any atom is -0.294 e. The van der Waals surface area contributed by atoms with Crippen LogP contribution in [0.5, 0.6) is 0 Å². The molecule has 0 amide bonds. The monoisotopic (exact) mass is 258 g/mol. The maximum Gasteiger partial charge on any atom is 0.162 e. The van der Waals surface area contributed by atoms with Gasteiger partial charge >= 0.3 is 0 Å². The Hall–Kier alpha value is -1.23. The van der Waals surface area contributed by atoms with Crippen molar-refractivity contribution in [3.05, 3.63) is 35.6 Å². The molecule has 0 unspecified atom stereocenters. The Labute approximate surface area is 101 Å². The molecule has 0 aliphatic heterocycles. The van der Waals surface area contributed by atoms with E-state index in [2.05, 4.69) is 0 Å². The van der Waals surface area contributed by atoms with E-state index in [9.17, 15) is 17.6 Å². The Balaban J connectivity index is 2.48. The van der Waals surface area contributed by atoms with Crippen LogP contribution in [0.2, 0.25) is 0 Å². The summed E-state index contributed by atoms with van der Waals surface area (Å²) in [5, 5.41) is 0. The molecule has 3 nitrogen and oxygen atoms in total. The Bertz CT molecular complexity index is 477. The average Bonchev–Trinajstić information content (AvgIpc) is 2.29. The number of rotatable bonds is 6. The van der Waals surface area contributed by atoms with E-state index >= 15 is 0 Å². The summed E-state index contributed by atoms with van der Waals surface area (Å²) in [5.74, 6) is -0.430. The Morgan fingerprint density at radius 3 is 2.35 bits per heavy atom. The van der Waals surface area contributed by atoms with E-state index in [1.807, 2.05) is 0 Å². The molecular weight excluding hydrogens is 243 g/mol. The summed E-state index contributed by atoms with van der Waals surface area (Å²) in [4.78, 5) is 11.6. The van der Waals surface area contributed by atoms with E-state index in [-0.39, 0.29) is 23.7 Å². The number of halogens is 1. The molecule has 0 saturated carbocycles. The molecule has 0 heterocycles. The highest BCUT2D eigenvalue weighted by molar-refractivity contribution is 7.91. The number of ketones is 1. The van der Waals surface area contributed by atoms with Gasteiger partial charge in [-0.05, 0) is 30.7 Å². The van der Waals surface area contributed by atoms with Gasteiger partial charge in [-0.15, -0.1) is 0 Å². The molecule has 0 aromatic heterocycles. The van der Waals surface area contributed by atoms with Crippen LogP contribution >= 0.6 is 0 Å². The molecule has 0 bridgehead atoms. The topological polar surface area (TPSA) is 51.2 Å². The molecule has 0 spiro atoms. The van der Waals surface area contributed by atoms with Gasteiger partial charge in [0.05, 0.1) is 5.75 Å². The van der Waals surface area contributed by atoms with Crippen molar-refractivity contribution in [2.45, 2.75) is 19.8 Å². The summed E-state index contributed by atoms with van der Waals surface area (Å²) in [6, 6.07) is 5.25. The second kappa shape index (κ2) is 5.91. The van der Waals surface area contributed by atoms with Crippen LogP contribution < -0.4 is 0 Å². The van der Waals surface area contributed by atoms with Gasteiger partial charge in [0.25, 0.3) is 0 Å². The lowest BCUT2D eigenvalue weighted by Gasteiger charge is -2.02. The first-order valence-corrected chi connectivity index (χ1v) is 7.26.